The minimum absolute atomic E-state index is 0.0832. The zero-order valence-corrected chi connectivity index (χ0v) is 21.2. The van der Waals surface area contributed by atoms with E-state index in [1.54, 1.807) is 39.8 Å². The van der Waals surface area contributed by atoms with Crippen molar-refractivity contribution < 1.29 is 40.7 Å². The van der Waals surface area contributed by atoms with Gasteiger partial charge in [-0.1, -0.05) is 45.4 Å². The Balaban J connectivity index is 1.84. The van der Waals surface area contributed by atoms with Crippen LogP contribution in [0.2, 0.25) is 0 Å². The molecule has 0 saturated heterocycles. The quantitative estimate of drug-likeness (QED) is 0.378. The fourth-order valence-electron chi connectivity index (χ4n) is 3.58. The molecule has 0 aliphatic carbocycles. The van der Waals surface area contributed by atoms with E-state index in [0.29, 0.717) is 23.3 Å². The second kappa shape index (κ2) is 9.60. The van der Waals surface area contributed by atoms with Crippen molar-refractivity contribution >= 4 is 27.7 Å². The van der Waals surface area contributed by atoms with Crippen molar-refractivity contribution in [2.24, 2.45) is 5.16 Å². The summed E-state index contributed by atoms with van der Waals surface area (Å²) in [6, 6.07) is 7.77. The maximum Gasteiger partial charge on any atom is 0.435 e. The van der Waals surface area contributed by atoms with Crippen LogP contribution < -0.4 is 5.32 Å². The summed E-state index contributed by atoms with van der Waals surface area (Å²) in [5, 5.41) is 6.26. The van der Waals surface area contributed by atoms with Gasteiger partial charge in [0.25, 0.3) is 5.60 Å². The summed E-state index contributed by atoms with van der Waals surface area (Å²) >= 11 is 2.86. The number of nitrogens with one attached hydrogen (secondary N) is 1. The van der Waals surface area contributed by atoms with Gasteiger partial charge in [-0.2, -0.15) is 26.3 Å². The molecule has 0 radical (unpaired) electrons. The molecule has 2 aromatic rings. The van der Waals surface area contributed by atoms with Crippen LogP contribution in [-0.4, -0.2) is 23.6 Å². The van der Waals surface area contributed by atoms with E-state index in [9.17, 15) is 31.1 Å². The van der Waals surface area contributed by atoms with E-state index in [4.69, 9.17) is 9.57 Å². The minimum atomic E-state index is -5.06. The number of ether oxygens (including phenoxy) is 1. The number of carbonyl (C=O) groups excluding carboxylic acids is 1. The van der Waals surface area contributed by atoms with Gasteiger partial charge in [-0.05, 0) is 57.0 Å². The predicted octanol–water partition coefficient (Wildman–Crippen LogP) is 7.64. The molecule has 1 heterocycles. The Bertz CT molecular complexity index is 1160. The Hall–Kier alpha value is -2.76. The highest BCUT2D eigenvalue weighted by atomic mass is 79.9. The van der Waals surface area contributed by atoms with Crippen LogP contribution in [0.1, 0.15) is 62.4 Å². The van der Waals surface area contributed by atoms with Crippen LogP contribution in [0, 0.1) is 0 Å². The van der Waals surface area contributed by atoms with Gasteiger partial charge in [-0.3, -0.25) is 0 Å². The molecule has 12 heteroatoms. The predicted molar refractivity (Wildman–Crippen MR) is 123 cm³/mol. The van der Waals surface area contributed by atoms with E-state index in [-0.39, 0.29) is 10.2 Å². The SMILES string of the molecule is C[C@H](NC(=O)OC(C)(C)C)c1ccc(C2=NOC(c3cc(Br)cc(C(F)(F)F)c3)(C(F)(F)F)C2)cc1. The number of amides is 1. The van der Waals surface area contributed by atoms with Gasteiger partial charge in [0.05, 0.1) is 17.3 Å². The lowest BCUT2D eigenvalue weighted by atomic mass is 9.85. The first-order valence-corrected chi connectivity index (χ1v) is 11.5. The molecule has 2 atom stereocenters. The zero-order valence-electron chi connectivity index (χ0n) is 19.6. The third-order valence-corrected chi connectivity index (χ3v) is 5.81. The Kier molecular flexibility index (Phi) is 7.42. The largest absolute Gasteiger partial charge is 0.444 e. The maximum absolute atomic E-state index is 14.2. The van der Waals surface area contributed by atoms with Gasteiger partial charge in [0, 0.05) is 16.5 Å². The molecule has 0 fully saturated rings. The molecule has 196 valence electrons. The molecule has 5 nitrogen and oxygen atoms in total. The Labute approximate surface area is 212 Å². The van der Waals surface area contributed by atoms with Gasteiger partial charge in [0.15, 0.2) is 0 Å². The van der Waals surface area contributed by atoms with Crippen LogP contribution in [0.5, 0.6) is 0 Å². The zero-order chi connectivity index (χ0) is 27.1. The molecule has 1 amide bonds. The number of hydrogen-bond donors (Lipinski definition) is 1. The highest BCUT2D eigenvalue weighted by Gasteiger charge is 2.62. The molecule has 0 spiro atoms. The maximum atomic E-state index is 14.2. The molecule has 1 aliphatic heterocycles. The Morgan fingerprint density at radius 3 is 2.22 bits per heavy atom. The molecule has 1 N–H and O–H groups in total. The molecule has 1 aliphatic rings. The van der Waals surface area contributed by atoms with E-state index in [0.717, 1.165) is 6.07 Å². The standard InChI is InChI=1S/C24H23BrF6N2O3/c1-13(32-20(34)35-21(2,3)4)14-5-7-15(8-6-14)19-12-22(36-33-19,24(29,30)31)16-9-17(23(26,27)28)11-18(25)10-16/h5-11,13H,12H2,1-4H3,(H,32,34)/t13-,22?/m0/s1. The number of halogens is 7. The molecule has 0 aromatic heterocycles. The average molecular weight is 581 g/mol. The Morgan fingerprint density at radius 1 is 1.08 bits per heavy atom. The van der Waals surface area contributed by atoms with Crippen molar-refractivity contribution in [1.82, 2.24) is 5.32 Å². The van der Waals surface area contributed by atoms with Crippen LogP contribution in [-0.2, 0) is 21.4 Å². The van der Waals surface area contributed by atoms with Crippen molar-refractivity contribution in [3.63, 3.8) is 0 Å². The topological polar surface area (TPSA) is 59.9 Å². The van der Waals surface area contributed by atoms with Gasteiger partial charge in [0.1, 0.15) is 5.60 Å². The van der Waals surface area contributed by atoms with Crippen molar-refractivity contribution in [2.75, 3.05) is 0 Å². The van der Waals surface area contributed by atoms with Crippen LogP contribution in [0.4, 0.5) is 31.1 Å². The van der Waals surface area contributed by atoms with Crippen molar-refractivity contribution in [3.8, 4) is 0 Å². The lowest BCUT2D eigenvalue weighted by Crippen LogP contribution is -2.43. The molecular weight excluding hydrogens is 558 g/mol. The molecule has 0 saturated carbocycles. The number of rotatable bonds is 4. The average Bonchev–Trinajstić information content (AvgIpc) is 3.18. The van der Waals surface area contributed by atoms with E-state index >= 15 is 0 Å². The first kappa shape index (κ1) is 27.8. The summed E-state index contributed by atoms with van der Waals surface area (Å²) in [4.78, 5) is 16.8. The Morgan fingerprint density at radius 2 is 1.69 bits per heavy atom. The molecule has 0 bridgehead atoms. The first-order valence-electron chi connectivity index (χ1n) is 10.7. The summed E-state index contributed by atoms with van der Waals surface area (Å²) < 4.78 is 87.4. The third kappa shape index (κ3) is 6.13. The summed E-state index contributed by atoms with van der Waals surface area (Å²) in [6.07, 6.45) is -11.4. The molecule has 1 unspecified atom stereocenters. The molecular formula is C24H23BrF6N2O3. The smallest absolute Gasteiger partial charge is 0.435 e. The number of alkyl carbamates (subject to hydrolysis) is 1. The highest BCUT2D eigenvalue weighted by molar-refractivity contribution is 9.10. The third-order valence-electron chi connectivity index (χ3n) is 5.35. The van der Waals surface area contributed by atoms with Gasteiger partial charge in [-0.25, -0.2) is 4.79 Å². The second-order valence-electron chi connectivity index (χ2n) is 9.35. The van der Waals surface area contributed by atoms with Crippen LogP contribution >= 0.6 is 15.9 Å². The van der Waals surface area contributed by atoms with Crippen LogP contribution in [0.25, 0.3) is 0 Å². The fourth-order valence-corrected chi connectivity index (χ4v) is 4.07. The van der Waals surface area contributed by atoms with E-state index < -0.39 is 53.2 Å². The van der Waals surface area contributed by atoms with E-state index in [2.05, 4.69) is 26.4 Å². The van der Waals surface area contributed by atoms with Crippen molar-refractivity contribution in [3.05, 3.63) is 69.2 Å². The number of hydrogen-bond acceptors (Lipinski definition) is 4. The van der Waals surface area contributed by atoms with Crippen LogP contribution in [0.3, 0.4) is 0 Å². The minimum Gasteiger partial charge on any atom is -0.444 e. The number of nitrogens with zero attached hydrogens (tertiary/aromatic N) is 1. The summed E-state index contributed by atoms with van der Waals surface area (Å²) in [5.74, 6) is 0. The van der Waals surface area contributed by atoms with Gasteiger partial charge >= 0.3 is 18.4 Å². The van der Waals surface area contributed by atoms with Crippen molar-refractivity contribution in [2.45, 2.75) is 63.7 Å². The van der Waals surface area contributed by atoms with Gasteiger partial charge < -0.3 is 14.9 Å². The first-order chi connectivity index (χ1) is 16.4. The van der Waals surface area contributed by atoms with Gasteiger partial charge in [-0.15, -0.1) is 0 Å². The normalized spacial score (nSPS) is 19.4. The lowest BCUT2D eigenvalue weighted by molar-refractivity contribution is -0.276. The fraction of sp³-hybridized carbons (Fsp3) is 0.417. The number of alkyl halides is 6. The highest BCUT2D eigenvalue weighted by Crippen LogP contribution is 2.50. The number of oxime groups is 1. The van der Waals surface area contributed by atoms with Gasteiger partial charge in [0.2, 0.25) is 0 Å². The monoisotopic (exact) mass is 580 g/mol. The number of benzene rings is 2. The summed E-state index contributed by atoms with van der Waals surface area (Å²) in [7, 11) is 0. The second-order valence-corrected chi connectivity index (χ2v) is 10.3. The number of carbonyl (C=O) groups is 1. The summed E-state index contributed by atoms with van der Waals surface area (Å²) in [6.45, 7) is 6.86. The lowest BCUT2D eigenvalue weighted by Gasteiger charge is -2.30. The van der Waals surface area contributed by atoms with Crippen LogP contribution in [0.15, 0.2) is 52.1 Å². The van der Waals surface area contributed by atoms with Crippen molar-refractivity contribution in [1.29, 1.82) is 0 Å². The molecule has 3 rings (SSSR count). The summed E-state index contributed by atoms with van der Waals surface area (Å²) in [5.41, 5.74) is -4.88. The molecule has 2 aromatic carbocycles. The van der Waals surface area contributed by atoms with E-state index in [1.807, 2.05) is 0 Å². The molecule has 36 heavy (non-hydrogen) atoms. The van der Waals surface area contributed by atoms with E-state index in [1.165, 1.54) is 12.1 Å².